The Labute approximate surface area is 125 Å². The molecule has 4 bridgehead atoms. The minimum Gasteiger partial charge on any atom is -0.340 e. The van der Waals surface area contributed by atoms with Gasteiger partial charge in [0.25, 0.3) is 5.69 Å². The highest BCUT2D eigenvalue weighted by molar-refractivity contribution is 5.33. The van der Waals surface area contributed by atoms with Crippen molar-refractivity contribution in [3.8, 4) is 0 Å². The minimum atomic E-state index is -0.299. The first-order valence-electron chi connectivity index (χ1n) is 8.25. The van der Waals surface area contributed by atoms with Crippen molar-refractivity contribution in [3.63, 3.8) is 0 Å². The molecular weight excluding hydrogens is 264 g/mol. The Morgan fingerprint density at radius 3 is 2.38 bits per heavy atom. The van der Waals surface area contributed by atoms with Crippen molar-refractivity contribution in [3.05, 3.63) is 39.9 Å². The molecule has 0 radical (unpaired) electrons. The van der Waals surface area contributed by atoms with E-state index >= 15 is 0 Å². The van der Waals surface area contributed by atoms with Crippen molar-refractivity contribution in [1.82, 2.24) is 0 Å². The van der Waals surface area contributed by atoms with Gasteiger partial charge in [-0.1, -0.05) is 12.1 Å². The van der Waals surface area contributed by atoms with Crippen molar-refractivity contribution >= 4 is 5.69 Å². The fourth-order valence-electron chi connectivity index (χ4n) is 5.42. The highest BCUT2D eigenvalue weighted by Crippen LogP contribution is 2.52. The zero-order valence-corrected chi connectivity index (χ0v) is 12.3. The van der Waals surface area contributed by atoms with E-state index in [1.807, 2.05) is 6.07 Å². The normalized spacial score (nSPS) is 36.9. The van der Waals surface area contributed by atoms with Crippen LogP contribution in [0.2, 0.25) is 0 Å². The lowest BCUT2D eigenvalue weighted by molar-refractivity contribution is -0.723. The average Bonchev–Trinajstić information content (AvgIpc) is 2.46. The summed E-state index contributed by atoms with van der Waals surface area (Å²) in [4.78, 5) is 10.6. The molecule has 0 spiro atoms. The zero-order valence-electron chi connectivity index (χ0n) is 12.3. The van der Waals surface area contributed by atoms with E-state index < -0.39 is 0 Å². The van der Waals surface area contributed by atoms with Crippen LogP contribution in [-0.4, -0.2) is 11.0 Å². The summed E-state index contributed by atoms with van der Waals surface area (Å²) < 4.78 is 0. The number of hydrogen-bond acceptors (Lipinski definition) is 2. The first kappa shape index (κ1) is 13.3. The summed E-state index contributed by atoms with van der Waals surface area (Å²) in [6.07, 6.45) is 7.23. The van der Waals surface area contributed by atoms with Crippen LogP contribution < -0.4 is 5.32 Å². The molecule has 0 aromatic heterocycles. The van der Waals surface area contributed by atoms with Crippen molar-refractivity contribution in [2.24, 2.45) is 23.7 Å². The predicted molar refractivity (Wildman–Crippen MR) is 79.6 cm³/mol. The Morgan fingerprint density at radius 2 is 1.76 bits per heavy atom. The third-order valence-corrected chi connectivity index (χ3v) is 6.05. The molecule has 0 unspecified atom stereocenters. The van der Waals surface area contributed by atoms with Crippen molar-refractivity contribution in [2.45, 2.75) is 44.7 Å². The molecule has 0 amide bonds. The van der Waals surface area contributed by atoms with Gasteiger partial charge in [-0.05, 0) is 43.9 Å². The van der Waals surface area contributed by atoms with Crippen molar-refractivity contribution < 1.29 is 10.2 Å². The lowest BCUT2D eigenvalue weighted by Crippen LogP contribution is -2.93. The summed E-state index contributed by atoms with van der Waals surface area (Å²) in [5.41, 5.74) is 1.30. The first-order valence-corrected chi connectivity index (χ1v) is 8.25. The molecule has 4 saturated carbocycles. The highest BCUT2D eigenvalue weighted by Gasteiger charge is 2.50. The molecule has 5 rings (SSSR count). The molecule has 0 aliphatic heterocycles. The summed E-state index contributed by atoms with van der Waals surface area (Å²) >= 11 is 0. The van der Waals surface area contributed by atoms with E-state index in [2.05, 4.69) is 5.32 Å². The molecule has 4 aliphatic carbocycles. The SMILES string of the molecule is O=[N+]([O-])c1cccc(C[NH2+]C2C3CC4CC(C3)CC2C4)c1. The maximum atomic E-state index is 10.9. The largest absolute Gasteiger partial charge is 0.340 e. The third kappa shape index (κ3) is 2.46. The van der Waals surface area contributed by atoms with Gasteiger partial charge in [-0.15, -0.1) is 0 Å². The van der Waals surface area contributed by atoms with Crippen molar-refractivity contribution in [2.75, 3.05) is 0 Å². The maximum Gasteiger partial charge on any atom is 0.269 e. The summed E-state index contributed by atoms with van der Waals surface area (Å²) in [7, 11) is 0. The lowest BCUT2D eigenvalue weighted by Gasteiger charge is -2.52. The van der Waals surface area contributed by atoms with Gasteiger partial charge in [0.1, 0.15) is 6.54 Å². The van der Waals surface area contributed by atoms with Gasteiger partial charge in [0.05, 0.1) is 11.0 Å². The Balaban J connectivity index is 1.43. The summed E-state index contributed by atoms with van der Waals surface area (Å²) in [6.45, 7) is 0.884. The average molecular weight is 287 g/mol. The molecule has 1 aromatic rings. The third-order valence-electron chi connectivity index (χ3n) is 6.05. The standard InChI is InChI=1S/C17H22N2O2/c20-19(21)16-3-1-2-11(9-16)10-18-17-14-5-12-4-13(7-14)8-15(17)6-12/h1-3,9,12-15,17-18H,4-8,10H2/p+1. The first-order chi connectivity index (χ1) is 10.2. The molecule has 0 atom stereocenters. The van der Waals surface area contributed by atoms with Gasteiger partial charge in [-0.3, -0.25) is 10.1 Å². The Bertz CT molecular complexity index is 529. The van der Waals surface area contributed by atoms with Gasteiger partial charge in [-0.2, -0.15) is 0 Å². The van der Waals surface area contributed by atoms with Crippen LogP contribution in [0.3, 0.4) is 0 Å². The van der Waals surface area contributed by atoms with Crippen LogP contribution in [0.1, 0.15) is 37.7 Å². The van der Waals surface area contributed by atoms with Crippen LogP contribution in [-0.2, 0) is 6.54 Å². The van der Waals surface area contributed by atoms with Crippen LogP contribution in [0.15, 0.2) is 24.3 Å². The molecule has 0 saturated heterocycles. The molecule has 4 fully saturated rings. The zero-order chi connectivity index (χ0) is 14.4. The van der Waals surface area contributed by atoms with Crippen LogP contribution in [0, 0.1) is 33.8 Å². The number of benzene rings is 1. The van der Waals surface area contributed by atoms with Gasteiger partial charge < -0.3 is 5.32 Å². The smallest absolute Gasteiger partial charge is 0.269 e. The number of nitrogens with two attached hydrogens (primary N) is 1. The van der Waals surface area contributed by atoms with E-state index in [-0.39, 0.29) is 10.6 Å². The predicted octanol–water partition coefficient (Wildman–Crippen LogP) is 2.48. The summed E-state index contributed by atoms with van der Waals surface area (Å²) in [6, 6.07) is 7.88. The van der Waals surface area contributed by atoms with Gasteiger partial charge in [0.2, 0.25) is 0 Å². The Hall–Kier alpha value is -1.42. The number of nitro groups is 1. The number of nitrogens with zero attached hydrogens (tertiary/aromatic N) is 1. The Morgan fingerprint density at radius 1 is 1.10 bits per heavy atom. The van der Waals surface area contributed by atoms with Crippen LogP contribution >= 0.6 is 0 Å². The number of non-ortho nitro benzene ring substituents is 1. The van der Waals surface area contributed by atoms with Gasteiger partial charge in [0.15, 0.2) is 0 Å². The molecule has 21 heavy (non-hydrogen) atoms. The number of rotatable bonds is 4. The fraction of sp³-hybridized carbons (Fsp3) is 0.647. The van der Waals surface area contributed by atoms with E-state index in [9.17, 15) is 10.1 Å². The number of nitro benzene ring substituents is 1. The van der Waals surface area contributed by atoms with E-state index in [1.54, 1.807) is 18.2 Å². The summed E-state index contributed by atoms with van der Waals surface area (Å²) in [5.74, 6) is 3.82. The minimum absolute atomic E-state index is 0.214. The molecule has 4 nitrogen and oxygen atoms in total. The quantitative estimate of drug-likeness (QED) is 0.683. The molecule has 0 heterocycles. The molecule has 4 heteroatoms. The summed E-state index contributed by atoms with van der Waals surface area (Å²) in [5, 5.41) is 13.3. The number of quaternary nitrogens is 1. The fourth-order valence-corrected chi connectivity index (χ4v) is 5.42. The van der Waals surface area contributed by atoms with Crippen LogP contribution in [0.4, 0.5) is 5.69 Å². The second kappa shape index (κ2) is 5.09. The Kier molecular flexibility index (Phi) is 3.21. The number of hydrogen-bond donors (Lipinski definition) is 1. The highest BCUT2D eigenvalue weighted by atomic mass is 16.6. The van der Waals surface area contributed by atoms with Gasteiger partial charge in [-0.25, -0.2) is 0 Å². The van der Waals surface area contributed by atoms with Gasteiger partial charge >= 0.3 is 0 Å². The monoisotopic (exact) mass is 287 g/mol. The van der Waals surface area contributed by atoms with Crippen molar-refractivity contribution in [1.29, 1.82) is 0 Å². The second-order valence-corrected chi connectivity index (χ2v) is 7.37. The topological polar surface area (TPSA) is 59.8 Å². The second-order valence-electron chi connectivity index (χ2n) is 7.37. The van der Waals surface area contributed by atoms with E-state index in [0.29, 0.717) is 0 Å². The van der Waals surface area contributed by atoms with Crippen LogP contribution in [0.5, 0.6) is 0 Å². The molecular formula is C17H23N2O2+. The van der Waals surface area contributed by atoms with E-state index in [0.717, 1.165) is 41.8 Å². The molecule has 1 aromatic carbocycles. The molecule has 4 aliphatic rings. The molecule has 112 valence electrons. The lowest BCUT2D eigenvalue weighted by atomic mass is 9.54. The van der Waals surface area contributed by atoms with E-state index in [1.165, 1.54) is 32.1 Å². The van der Waals surface area contributed by atoms with Crippen LogP contribution in [0.25, 0.3) is 0 Å². The maximum absolute atomic E-state index is 10.9. The van der Waals surface area contributed by atoms with Gasteiger partial charge in [0, 0.05) is 29.5 Å². The molecule has 2 N–H and O–H groups in total. The van der Waals surface area contributed by atoms with E-state index in [4.69, 9.17) is 0 Å².